The lowest BCUT2D eigenvalue weighted by Gasteiger charge is -2.11. The summed E-state index contributed by atoms with van der Waals surface area (Å²) in [4.78, 5) is 0. The van der Waals surface area contributed by atoms with Crippen LogP contribution in [0.25, 0.3) is 21.5 Å². The smallest absolute Gasteiger partial charge is 0.0957 e. The molecule has 4 heteroatoms. The number of nitrogens with two attached hydrogens (primary N) is 2. The second-order valence-electron chi connectivity index (χ2n) is 4.84. The van der Waals surface area contributed by atoms with Gasteiger partial charge in [0.25, 0.3) is 0 Å². The number of hydrogen-bond donors (Lipinski definition) is 3. The van der Waals surface area contributed by atoms with E-state index in [9.17, 15) is 0 Å². The summed E-state index contributed by atoms with van der Waals surface area (Å²) in [5, 5.41) is 5.95. The third kappa shape index (κ3) is 2.82. The van der Waals surface area contributed by atoms with Crippen LogP contribution in [0.3, 0.4) is 0 Å². The van der Waals surface area contributed by atoms with E-state index in [-0.39, 0.29) is 0 Å². The molecule has 0 unspecified atom stereocenters. The van der Waals surface area contributed by atoms with Gasteiger partial charge >= 0.3 is 0 Å². The van der Waals surface area contributed by atoms with Crippen molar-refractivity contribution in [1.29, 1.82) is 0 Å². The molecule has 2 nitrogen and oxygen atoms in total. The minimum Gasteiger partial charge on any atom is -0.392 e. The topological polar surface area (TPSA) is 52.0 Å². The number of fused-ring (bicyclic) bond motifs is 2. The standard InChI is InChI=1S/C17H16N2S2/c18-16(20)17(19)21-10-15-13-7-3-1-5-11(13)9-12-6-2-4-8-14(12)15/h1-9,20H,10,18-19H2/b17-16+. The minimum absolute atomic E-state index is 0.379. The van der Waals surface area contributed by atoms with Gasteiger partial charge in [-0.25, -0.2) is 0 Å². The molecule has 0 saturated carbocycles. The monoisotopic (exact) mass is 312 g/mol. The van der Waals surface area contributed by atoms with Crippen LogP contribution in [-0.2, 0) is 5.75 Å². The first kappa shape index (κ1) is 14.2. The first-order valence-electron chi connectivity index (χ1n) is 6.63. The SMILES string of the molecule is N/C(S)=C(/N)SCc1c2ccccc2cc2ccccc12. The maximum absolute atomic E-state index is 5.89. The number of thiol groups is 1. The van der Waals surface area contributed by atoms with Gasteiger partial charge in [-0.1, -0.05) is 48.5 Å². The molecule has 0 aliphatic heterocycles. The second kappa shape index (κ2) is 5.92. The van der Waals surface area contributed by atoms with Crippen molar-refractivity contribution in [1.82, 2.24) is 0 Å². The number of hydrogen-bond acceptors (Lipinski definition) is 4. The molecule has 0 spiro atoms. The van der Waals surface area contributed by atoms with E-state index in [4.69, 9.17) is 11.5 Å². The van der Waals surface area contributed by atoms with Crippen molar-refractivity contribution in [2.45, 2.75) is 5.75 Å². The van der Waals surface area contributed by atoms with E-state index < -0.39 is 0 Å². The van der Waals surface area contributed by atoms with Crippen molar-refractivity contribution in [3.05, 3.63) is 70.2 Å². The Bertz CT molecular complexity index is 782. The van der Waals surface area contributed by atoms with Crippen LogP contribution in [-0.4, -0.2) is 0 Å². The molecule has 0 aliphatic rings. The van der Waals surface area contributed by atoms with E-state index in [0.29, 0.717) is 10.1 Å². The Kier molecular flexibility index (Phi) is 3.99. The fourth-order valence-electron chi connectivity index (χ4n) is 2.49. The van der Waals surface area contributed by atoms with Crippen LogP contribution in [0.15, 0.2) is 64.7 Å². The van der Waals surface area contributed by atoms with Crippen molar-refractivity contribution in [3.8, 4) is 0 Å². The summed E-state index contributed by atoms with van der Waals surface area (Å²) >= 11 is 5.62. The lowest BCUT2D eigenvalue weighted by atomic mass is 9.98. The zero-order chi connectivity index (χ0) is 14.8. The first-order chi connectivity index (χ1) is 10.2. The van der Waals surface area contributed by atoms with Crippen LogP contribution >= 0.6 is 24.4 Å². The Labute approximate surface area is 133 Å². The van der Waals surface area contributed by atoms with Crippen LogP contribution < -0.4 is 11.5 Å². The third-order valence-electron chi connectivity index (χ3n) is 3.51. The van der Waals surface area contributed by atoms with Crippen LogP contribution in [0.4, 0.5) is 0 Å². The summed E-state index contributed by atoms with van der Waals surface area (Å²) in [6.45, 7) is 0. The van der Waals surface area contributed by atoms with Gasteiger partial charge in [0.1, 0.15) is 0 Å². The second-order valence-corrected chi connectivity index (χ2v) is 6.33. The van der Waals surface area contributed by atoms with Crippen LogP contribution in [0.5, 0.6) is 0 Å². The molecule has 3 aromatic rings. The van der Waals surface area contributed by atoms with Gasteiger partial charge in [0.15, 0.2) is 0 Å². The number of benzene rings is 3. The molecule has 0 fully saturated rings. The molecule has 3 aromatic carbocycles. The van der Waals surface area contributed by atoms with Gasteiger partial charge in [0.05, 0.1) is 10.1 Å². The number of rotatable bonds is 3. The molecule has 106 valence electrons. The first-order valence-corrected chi connectivity index (χ1v) is 8.06. The highest BCUT2D eigenvalue weighted by molar-refractivity contribution is 8.03. The molecule has 0 aliphatic carbocycles. The maximum atomic E-state index is 5.89. The Balaban J connectivity index is 2.18. The van der Waals surface area contributed by atoms with Crippen molar-refractivity contribution in [3.63, 3.8) is 0 Å². The van der Waals surface area contributed by atoms with Crippen LogP contribution in [0.2, 0.25) is 0 Å². The Morgan fingerprint density at radius 3 is 1.95 bits per heavy atom. The summed E-state index contributed by atoms with van der Waals surface area (Å²) in [6.07, 6.45) is 0. The Morgan fingerprint density at radius 2 is 1.43 bits per heavy atom. The van der Waals surface area contributed by atoms with E-state index in [2.05, 4.69) is 67.2 Å². The van der Waals surface area contributed by atoms with Crippen molar-refractivity contribution < 1.29 is 0 Å². The lowest BCUT2D eigenvalue weighted by molar-refractivity contribution is 1.41. The average molecular weight is 312 g/mol. The van der Waals surface area contributed by atoms with Gasteiger partial charge in [0.2, 0.25) is 0 Å². The van der Waals surface area contributed by atoms with Gasteiger partial charge < -0.3 is 11.5 Å². The van der Waals surface area contributed by atoms with Gasteiger partial charge in [0, 0.05) is 5.75 Å². The number of thioether (sulfide) groups is 1. The molecule has 21 heavy (non-hydrogen) atoms. The summed E-state index contributed by atoms with van der Waals surface area (Å²) in [5.41, 5.74) is 12.8. The van der Waals surface area contributed by atoms with E-state index in [1.54, 1.807) is 0 Å². The van der Waals surface area contributed by atoms with E-state index in [0.717, 1.165) is 5.75 Å². The Morgan fingerprint density at radius 1 is 0.905 bits per heavy atom. The molecule has 0 heterocycles. The van der Waals surface area contributed by atoms with Crippen molar-refractivity contribution in [2.24, 2.45) is 11.5 Å². The van der Waals surface area contributed by atoms with Gasteiger partial charge in [-0.3, -0.25) is 0 Å². The van der Waals surface area contributed by atoms with Crippen molar-refractivity contribution in [2.75, 3.05) is 0 Å². The maximum Gasteiger partial charge on any atom is 0.0957 e. The predicted octanol–water partition coefficient (Wildman–Crippen LogP) is 4.20. The molecule has 0 radical (unpaired) electrons. The summed E-state index contributed by atoms with van der Waals surface area (Å²) in [6, 6.07) is 19.1. The zero-order valence-corrected chi connectivity index (χ0v) is 13.1. The summed E-state index contributed by atoms with van der Waals surface area (Å²) in [7, 11) is 0. The van der Waals surface area contributed by atoms with E-state index >= 15 is 0 Å². The molecule has 0 atom stereocenters. The largest absolute Gasteiger partial charge is 0.392 e. The molecule has 0 bridgehead atoms. The molecule has 4 N–H and O–H groups in total. The molecular formula is C17H16N2S2. The highest BCUT2D eigenvalue weighted by Gasteiger charge is 2.08. The average Bonchev–Trinajstić information content (AvgIpc) is 2.51. The quantitative estimate of drug-likeness (QED) is 0.502. The van der Waals surface area contributed by atoms with E-state index in [1.165, 1.54) is 38.9 Å². The fourth-order valence-corrected chi connectivity index (χ4v) is 3.44. The van der Waals surface area contributed by atoms with Gasteiger partial charge in [-0.05, 0) is 33.2 Å². The summed E-state index contributed by atoms with van der Waals surface area (Å²) in [5.74, 6) is 0.773. The zero-order valence-electron chi connectivity index (χ0n) is 11.4. The molecule has 3 rings (SSSR count). The van der Waals surface area contributed by atoms with Gasteiger partial charge in [-0.2, -0.15) is 0 Å². The molecule has 0 saturated heterocycles. The highest BCUT2D eigenvalue weighted by atomic mass is 32.2. The predicted molar refractivity (Wildman–Crippen MR) is 97.1 cm³/mol. The van der Waals surface area contributed by atoms with Gasteiger partial charge in [-0.15, -0.1) is 24.4 Å². The summed E-state index contributed by atoms with van der Waals surface area (Å²) < 4.78 is 0. The third-order valence-corrected chi connectivity index (χ3v) is 4.86. The molecular weight excluding hydrogens is 296 g/mol. The van der Waals surface area contributed by atoms with Crippen LogP contribution in [0, 0.1) is 0 Å². The van der Waals surface area contributed by atoms with Crippen LogP contribution in [0.1, 0.15) is 5.56 Å². The minimum atomic E-state index is 0.379. The molecule has 0 aromatic heterocycles. The Hall–Kier alpha value is -1.78. The lowest BCUT2D eigenvalue weighted by Crippen LogP contribution is -2.02. The van der Waals surface area contributed by atoms with E-state index in [1.807, 2.05) is 0 Å². The van der Waals surface area contributed by atoms with Crippen molar-refractivity contribution >= 4 is 45.9 Å². The molecule has 0 amide bonds. The fraction of sp³-hybridized carbons (Fsp3) is 0.0588. The highest BCUT2D eigenvalue weighted by Crippen LogP contribution is 2.32. The normalized spacial score (nSPS) is 12.6.